The number of halogens is 2. The molecule has 1 aliphatic rings. The molecule has 0 saturated heterocycles. The van der Waals surface area contributed by atoms with Crippen LogP contribution in [0.5, 0.6) is 0 Å². The van der Waals surface area contributed by atoms with Crippen LogP contribution in [0.15, 0.2) is 12.3 Å². The zero-order valence-corrected chi connectivity index (χ0v) is 13.5. The first-order valence-electron chi connectivity index (χ1n) is 8.03. The molecule has 0 bridgehead atoms. The van der Waals surface area contributed by atoms with Crippen molar-refractivity contribution in [2.24, 2.45) is 11.8 Å². The molecule has 1 aromatic rings. The predicted molar refractivity (Wildman–Crippen MR) is 80.9 cm³/mol. The molecule has 1 saturated carbocycles. The van der Waals surface area contributed by atoms with Crippen molar-refractivity contribution in [3.05, 3.63) is 18.0 Å². The number of rotatable bonds is 5. The number of alkyl halides is 2. The number of carbonyl (C=O) groups excluding carboxylic acids is 1. The van der Waals surface area contributed by atoms with Crippen LogP contribution in [-0.4, -0.2) is 27.7 Å². The van der Waals surface area contributed by atoms with E-state index in [1.807, 2.05) is 13.8 Å². The first kappa shape index (κ1) is 16.9. The summed E-state index contributed by atoms with van der Waals surface area (Å²) in [7, 11) is 0. The van der Waals surface area contributed by atoms with Crippen LogP contribution in [0, 0.1) is 11.8 Å². The van der Waals surface area contributed by atoms with Gasteiger partial charge in [-0.3, -0.25) is 9.48 Å². The van der Waals surface area contributed by atoms with Crippen LogP contribution < -0.4 is 5.32 Å². The summed E-state index contributed by atoms with van der Waals surface area (Å²) in [6.07, 6.45) is 4.32. The SMILES string of the molecule is CCn1nccc1C(=O)NC(C)C1CCCC(C(C)(F)F)C1. The Morgan fingerprint density at radius 2 is 2.27 bits per heavy atom. The number of aromatic nitrogens is 2. The smallest absolute Gasteiger partial charge is 0.269 e. The van der Waals surface area contributed by atoms with Crippen LogP contribution in [0.4, 0.5) is 8.78 Å². The molecule has 1 aromatic heterocycles. The van der Waals surface area contributed by atoms with E-state index in [4.69, 9.17) is 0 Å². The minimum absolute atomic E-state index is 0.103. The molecule has 0 aromatic carbocycles. The Morgan fingerprint density at radius 1 is 1.55 bits per heavy atom. The Hall–Kier alpha value is -1.46. The van der Waals surface area contributed by atoms with Gasteiger partial charge < -0.3 is 5.32 Å². The van der Waals surface area contributed by atoms with Gasteiger partial charge in [0.05, 0.1) is 0 Å². The third-order valence-corrected chi connectivity index (χ3v) is 4.75. The van der Waals surface area contributed by atoms with E-state index in [1.165, 1.54) is 0 Å². The molecule has 6 heteroatoms. The fourth-order valence-electron chi connectivity index (χ4n) is 3.32. The molecule has 0 radical (unpaired) electrons. The van der Waals surface area contributed by atoms with Gasteiger partial charge >= 0.3 is 0 Å². The number of nitrogens with zero attached hydrogens (tertiary/aromatic N) is 2. The van der Waals surface area contributed by atoms with Crippen LogP contribution in [-0.2, 0) is 6.54 Å². The monoisotopic (exact) mass is 313 g/mol. The quantitative estimate of drug-likeness (QED) is 0.904. The highest BCUT2D eigenvalue weighted by Crippen LogP contribution is 2.39. The molecular formula is C16H25F2N3O. The maximum absolute atomic E-state index is 13.5. The number of nitrogens with one attached hydrogen (secondary N) is 1. The van der Waals surface area contributed by atoms with Crippen molar-refractivity contribution < 1.29 is 13.6 Å². The van der Waals surface area contributed by atoms with Crippen molar-refractivity contribution in [2.45, 2.75) is 65.0 Å². The second-order valence-corrected chi connectivity index (χ2v) is 6.37. The summed E-state index contributed by atoms with van der Waals surface area (Å²) in [6, 6.07) is 1.56. The van der Waals surface area contributed by atoms with Gasteiger partial charge in [0.25, 0.3) is 5.91 Å². The van der Waals surface area contributed by atoms with Gasteiger partial charge in [-0.1, -0.05) is 6.42 Å². The molecule has 3 unspecified atom stereocenters. The van der Waals surface area contributed by atoms with Gasteiger partial charge in [0.2, 0.25) is 5.92 Å². The summed E-state index contributed by atoms with van der Waals surface area (Å²) >= 11 is 0. The summed E-state index contributed by atoms with van der Waals surface area (Å²) in [6.45, 7) is 5.45. The molecule has 3 atom stereocenters. The summed E-state index contributed by atoms with van der Waals surface area (Å²) in [5.74, 6) is -3.29. The molecule has 1 heterocycles. The standard InChI is InChI=1S/C16H25F2N3O/c1-4-21-14(8-9-19-21)15(22)20-11(2)12-6-5-7-13(10-12)16(3,17)18/h8-9,11-13H,4-7,10H2,1-3H3,(H,20,22). The number of carbonyl (C=O) groups is 1. The van der Waals surface area contributed by atoms with E-state index < -0.39 is 11.8 Å². The van der Waals surface area contributed by atoms with Gasteiger partial charge in [-0.15, -0.1) is 0 Å². The largest absolute Gasteiger partial charge is 0.348 e. The highest BCUT2D eigenvalue weighted by molar-refractivity contribution is 5.92. The van der Waals surface area contributed by atoms with Crippen molar-refractivity contribution >= 4 is 5.91 Å². The summed E-state index contributed by atoms with van der Waals surface area (Å²) in [5.41, 5.74) is 0.516. The zero-order chi connectivity index (χ0) is 16.3. The van der Waals surface area contributed by atoms with Crippen molar-refractivity contribution in [3.8, 4) is 0 Å². The summed E-state index contributed by atoms with van der Waals surface area (Å²) < 4.78 is 28.7. The van der Waals surface area contributed by atoms with Crippen molar-refractivity contribution in [1.29, 1.82) is 0 Å². The lowest BCUT2D eigenvalue weighted by Crippen LogP contribution is -2.42. The van der Waals surface area contributed by atoms with E-state index in [0.717, 1.165) is 19.8 Å². The number of hydrogen-bond acceptors (Lipinski definition) is 2. The second kappa shape index (κ2) is 6.75. The maximum Gasteiger partial charge on any atom is 0.269 e. The first-order chi connectivity index (χ1) is 10.3. The molecule has 1 N–H and O–H groups in total. The van der Waals surface area contributed by atoms with Crippen LogP contribution in [0.1, 0.15) is 56.9 Å². The van der Waals surface area contributed by atoms with Gasteiger partial charge in [-0.05, 0) is 52.0 Å². The third kappa shape index (κ3) is 3.84. The van der Waals surface area contributed by atoms with Crippen LogP contribution in [0.2, 0.25) is 0 Å². The van der Waals surface area contributed by atoms with Gasteiger partial charge in [-0.25, -0.2) is 8.78 Å². The highest BCUT2D eigenvalue weighted by Gasteiger charge is 2.39. The summed E-state index contributed by atoms with van der Waals surface area (Å²) in [5, 5.41) is 7.03. The molecule has 22 heavy (non-hydrogen) atoms. The van der Waals surface area contributed by atoms with Gasteiger partial charge in [-0.2, -0.15) is 5.10 Å². The molecule has 4 nitrogen and oxygen atoms in total. The van der Waals surface area contributed by atoms with E-state index in [2.05, 4.69) is 10.4 Å². The molecular weight excluding hydrogens is 288 g/mol. The minimum Gasteiger partial charge on any atom is -0.348 e. The van der Waals surface area contributed by atoms with Crippen LogP contribution >= 0.6 is 0 Å². The number of hydrogen-bond donors (Lipinski definition) is 1. The lowest BCUT2D eigenvalue weighted by atomic mass is 9.76. The lowest BCUT2D eigenvalue weighted by Gasteiger charge is -2.35. The van der Waals surface area contributed by atoms with Crippen LogP contribution in [0.25, 0.3) is 0 Å². The molecule has 1 aliphatic carbocycles. The summed E-state index contributed by atoms with van der Waals surface area (Å²) in [4.78, 5) is 12.3. The highest BCUT2D eigenvalue weighted by atomic mass is 19.3. The number of amides is 1. The zero-order valence-electron chi connectivity index (χ0n) is 13.5. The van der Waals surface area contributed by atoms with E-state index in [1.54, 1.807) is 16.9 Å². The number of aryl methyl sites for hydroxylation is 1. The lowest BCUT2D eigenvalue weighted by molar-refractivity contribution is -0.0627. The fraction of sp³-hybridized carbons (Fsp3) is 0.750. The van der Waals surface area contributed by atoms with Gasteiger partial charge in [0.1, 0.15) is 5.69 Å². The topological polar surface area (TPSA) is 46.9 Å². The minimum atomic E-state index is -2.64. The molecule has 1 amide bonds. The van der Waals surface area contributed by atoms with E-state index in [0.29, 0.717) is 25.1 Å². The molecule has 2 rings (SSSR count). The fourth-order valence-corrected chi connectivity index (χ4v) is 3.32. The van der Waals surface area contributed by atoms with Crippen molar-refractivity contribution in [3.63, 3.8) is 0 Å². The van der Waals surface area contributed by atoms with Crippen molar-refractivity contribution in [1.82, 2.24) is 15.1 Å². The van der Waals surface area contributed by atoms with E-state index in [-0.39, 0.29) is 17.9 Å². The Bertz CT molecular complexity index is 510. The Kier molecular flexibility index (Phi) is 5.19. The Labute approximate surface area is 130 Å². The third-order valence-electron chi connectivity index (χ3n) is 4.75. The predicted octanol–water partition coefficient (Wildman–Crippen LogP) is 3.48. The molecule has 1 fully saturated rings. The van der Waals surface area contributed by atoms with Crippen molar-refractivity contribution in [2.75, 3.05) is 0 Å². The molecule has 0 spiro atoms. The first-order valence-corrected chi connectivity index (χ1v) is 8.03. The molecule has 0 aliphatic heterocycles. The normalized spacial score (nSPS) is 24.0. The Balaban J connectivity index is 1.97. The average Bonchev–Trinajstić information content (AvgIpc) is 2.95. The second-order valence-electron chi connectivity index (χ2n) is 6.37. The van der Waals surface area contributed by atoms with Gasteiger partial charge in [0, 0.05) is 24.7 Å². The van der Waals surface area contributed by atoms with E-state index >= 15 is 0 Å². The van der Waals surface area contributed by atoms with Crippen LogP contribution in [0.3, 0.4) is 0 Å². The van der Waals surface area contributed by atoms with E-state index in [9.17, 15) is 13.6 Å². The average molecular weight is 313 g/mol. The Morgan fingerprint density at radius 3 is 2.91 bits per heavy atom. The maximum atomic E-state index is 13.5. The molecule has 124 valence electrons. The van der Waals surface area contributed by atoms with Gasteiger partial charge in [0.15, 0.2) is 0 Å².